The van der Waals surface area contributed by atoms with Crippen molar-refractivity contribution < 1.29 is 13.2 Å². The van der Waals surface area contributed by atoms with Crippen LogP contribution in [0.2, 0.25) is 0 Å². The number of rotatable bonds is 4. The Hall–Kier alpha value is -0.510. The van der Waals surface area contributed by atoms with Crippen LogP contribution in [0, 0.1) is 0 Å². The van der Waals surface area contributed by atoms with Crippen molar-refractivity contribution in [2.24, 2.45) is 4.99 Å². The van der Waals surface area contributed by atoms with Gasteiger partial charge in [-0.1, -0.05) is 6.07 Å². The monoisotopic (exact) mass is 393 g/mol. The molecular formula is C10H15F3IN3S. The Labute approximate surface area is 125 Å². The summed E-state index contributed by atoms with van der Waals surface area (Å²) in [6, 6.07) is 3.86. The molecule has 104 valence electrons. The molecule has 3 nitrogen and oxygen atoms in total. The SMILES string of the molecule is CN=C(NCCC(F)(F)F)NCc1cccs1.I. The van der Waals surface area contributed by atoms with E-state index < -0.39 is 12.6 Å². The van der Waals surface area contributed by atoms with Gasteiger partial charge in [-0.3, -0.25) is 4.99 Å². The Balaban J connectivity index is 0.00000289. The molecule has 18 heavy (non-hydrogen) atoms. The second-order valence-corrected chi connectivity index (χ2v) is 4.33. The zero-order valence-electron chi connectivity index (χ0n) is 9.75. The van der Waals surface area contributed by atoms with Gasteiger partial charge in [0.1, 0.15) is 0 Å². The number of hydrogen-bond donors (Lipinski definition) is 2. The molecule has 0 radical (unpaired) electrons. The fourth-order valence-corrected chi connectivity index (χ4v) is 1.77. The van der Waals surface area contributed by atoms with E-state index in [9.17, 15) is 13.2 Å². The van der Waals surface area contributed by atoms with Gasteiger partial charge < -0.3 is 10.6 Å². The molecule has 1 rings (SSSR count). The predicted molar refractivity (Wildman–Crippen MR) is 78.6 cm³/mol. The number of hydrogen-bond acceptors (Lipinski definition) is 2. The van der Waals surface area contributed by atoms with Gasteiger partial charge in [0, 0.05) is 18.5 Å². The Kier molecular flexibility index (Phi) is 8.32. The summed E-state index contributed by atoms with van der Waals surface area (Å²) in [6.07, 6.45) is -5.01. The van der Waals surface area contributed by atoms with Crippen molar-refractivity contribution in [2.75, 3.05) is 13.6 Å². The van der Waals surface area contributed by atoms with Crippen LogP contribution in [0.25, 0.3) is 0 Å². The molecule has 0 spiro atoms. The summed E-state index contributed by atoms with van der Waals surface area (Å²) in [5.41, 5.74) is 0. The minimum absolute atomic E-state index is 0. The first-order chi connectivity index (χ1) is 8.01. The van der Waals surface area contributed by atoms with Gasteiger partial charge >= 0.3 is 6.18 Å². The van der Waals surface area contributed by atoms with Crippen molar-refractivity contribution in [2.45, 2.75) is 19.1 Å². The maximum atomic E-state index is 11.9. The number of guanidine groups is 1. The second-order valence-electron chi connectivity index (χ2n) is 3.30. The standard InChI is InChI=1S/C10H14F3N3S.HI/c1-14-9(15-5-4-10(11,12)13)16-7-8-3-2-6-17-8;/h2-3,6H,4-5,7H2,1H3,(H2,14,15,16);1H. The molecule has 1 aromatic heterocycles. The maximum Gasteiger partial charge on any atom is 0.390 e. The van der Waals surface area contributed by atoms with Crippen molar-refractivity contribution >= 4 is 41.3 Å². The third-order valence-electron chi connectivity index (χ3n) is 1.93. The highest BCUT2D eigenvalue weighted by molar-refractivity contribution is 14.0. The van der Waals surface area contributed by atoms with Crippen molar-refractivity contribution in [3.63, 3.8) is 0 Å². The average molecular weight is 393 g/mol. The van der Waals surface area contributed by atoms with E-state index in [1.807, 2.05) is 17.5 Å². The molecule has 0 fully saturated rings. The van der Waals surface area contributed by atoms with Gasteiger partial charge in [-0.2, -0.15) is 13.2 Å². The smallest absolute Gasteiger partial charge is 0.356 e. The van der Waals surface area contributed by atoms with Gasteiger partial charge in [-0.05, 0) is 11.4 Å². The van der Waals surface area contributed by atoms with E-state index in [2.05, 4.69) is 15.6 Å². The van der Waals surface area contributed by atoms with Gasteiger partial charge in [-0.15, -0.1) is 35.3 Å². The summed E-state index contributed by atoms with van der Waals surface area (Å²) < 4.78 is 35.8. The minimum atomic E-state index is -4.14. The third kappa shape index (κ3) is 7.75. The second kappa shape index (κ2) is 8.57. The van der Waals surface area contributed by atoms with Gasteiger partial charge in [-0.25, -0.2) is 0 Å². The van der Waals surface area contributed by atoms with Crippen LogP contribution in [0.15, 0.2) is 22.5 Å². The Morgan fingerprint density at radius 2 is 2.11 bits per heavy atom. The van der Waals surface area contributed by atoms with Crippen molar-refractivity contribution in [3.05, 3.63) is 22.4 Å². The molecule has 0 aliphatic heterocycles. The van der Waals surface area contributed by atoms with Crippen LogP contribution in [0.3, 0.4) is 0 Å². The number of halogens is 4. The lowest BCUT2D eigenvalue weighted by atomic mass is 10.4. The average Bonchev–Trinajstić information content (AvgIpc) is 2.74. The lowest BCUT2D eigenvalue weighted by Gasteiger charge is -2.12. The van der Waals surface area contributed by atoms with Crippen LogP contribution < -0.4 is 10.6 Å². The Bertz CT molecular complexity index is 352. The Morgan fingerprint density at radius 3 is 2.61 bits per heavy atom. The van der Waals surface area contributed by atoms with Gasteiger partial charge in [0.2, 0.25) is 0 Å². The lowest BCUT2D eigenvalue weighted by Crippen LogP contribution is -2.38. The van der Waals surface area contributed by atoms with Crippen LogP contribution in [-0.4, -0.2) is 25.7 Å². The third-order valence-corrected chi connectivity index (χ3v) is 2.81. The topological polar surface area (TPSA) is 36.4 Å². The van der Waals surface area contributed by atoms with Gasteiger partial charge in [0.15, 0.2) is 5.96 Å². The van der Waals surface area contributed by atoms with Crippen LogP contribution in [0.1, 0.15) is 11.3 Å². The quantitative estimate of drug-likeness (QED) is 0.469. The first-order valence-corrected chi connectivity index (χ1v) is 5.93. The largest absolute Gasteiger partial charge is 0.390 e. The molecule has 2 N–H and O–H groups in total. The maximum absolute atomic E-state index is 11.9. The highest BCUT2D eigenvalue weighted by Crippen LogP contribution is 2.18. The fraction of sp³-hybridized carbons (Fsp3) is 0.500. The molecule has 0 aromatic carbocycles. The summed E-state index contributed by atoms with van der Waals surface area (Å²) in [6.45, 7) is 0.386. The van der Waals surface area contributed by atoms with Crippen molar-refractivity contribution in [3.8, 4) is 0 Å². The molecule has 0 saturated carbocycles. The number of nitrogens with zero attached hydrogens (tertiary/aromatic N) is 1. The summed E-state index contributed by atoms with van der Waals surface area (Å²) in [7, 11) is 1.53. The van der Waals surface area contributed by atoms with E-state index in [4.69, 9.17) is 0 Å². The molecule has 1 aromatic rings. The van der Waals surface area contributed by atoms with E-state index in [1.54, 1.807) is 11.3 Å². The molecule has 1 heterocycles. The number of nitrogens with one attached hydrogen (secondary N) is 2. The van der Waals surface area contributed by atoms with E-state index in [1.165, 1.54) is 7.05 Å². The van der Waals surface area contributed by atoms with Crippen molar-refractivity contribution in [1.29, 1.82) is 0 Å². The van der Waals surface area contributed by atoms with E-state index in [0.717, 1.165) is 4.88 Å². The number of aliphatic imine (C=N–C) groups is 1. The Morgan fingerprint density at radius 1 is 1.39 bits per heavy atom. The molecule has 0 aliphatic carbocycles. The fourth-order valence-electron chi connectivity index (χ4n) is 1.13. The predicted octanol–water partition coefficient (Wildman–Crippen LogP) is 2.98. The van der Waals surface area contributed by atoms with E-state index >= 15 is 0 Å². The first-order valence-electron chi connectivity index (χ1n) is 5.05. The van der Waals surface area contributed by atoms with Gasteiger partial charge in [0.25, 0.3) is 0 Å². The molecule has 0 saturated heterocycles. The van der Waals surface area contributed by atoms with Crippen LogP contribution >= 0.6 is 35.3 Å². The molecule has 0 atom stereocenters. The van der Waals surface area contributed by atoms with Crippen LogP contribution in [-0.2, 0) is 6.54 Å². The zero-order chi connectivity index (χ0) is 12.7. The summed E-state index contributed by atoms with van der Waals surface area (Å²) in [4.78, 5) is 4.94. The zero-order valence-corrected chi connectivity index (χ0v) is 12.9. The molecule has 0 amide bonds. The molecule has 0 bridgehead atoms. The van der Waals surface area contributed by atoms with Gasteiger partial charge in [0.05, 0.1) is 13.0 Å². The highest BCUT2D eigenvalue weighted by atomic mass is 127. The first kappa shape index (κ1) is 17.5. The number of thiophene rings is 1. The van der Waals surface area contributed by atoms with Crippen molar-refractivity contribution in [1.82, 2.24) is 10.6 Å². The lowest BCUT2D eigenvalue weighted by molar-refractivity contribution is -0.132. The number of alkyl halides is 3. The summed E-state index contributed by atoms with van der Waals surface area (Å²) in [5, 5.41) is 7.49. The highest BCUT2D eigenvalue weighted by Gasteiger charge is 2.26. The molecule has 0 aliphatic rings. The molecule has 0 unspecified atom stereocenters. The van der Waals surface area contributed by atoms with E-state index in [-0.39, 0.29) is 30.5 Å². The molecular weight excluding hydrogens is 378 g/mol. The van der Waals surface area contributed by atoms with Crippen LogP contribution in [0.5, 0.6) is 0 Å². The summed E-state index contributed by atoms with van der Waals surface area (Å²) in [5.74, 6) is 0.377. The normalized spacial score (nSPS) is 11.9. The van der Waals surface area contributed by atoms with E-state index in [0.29, 0.717) is 12.5 Å². The van der Waals surface area contributed by atoms with Crippen LogP contribution in [0.4, 0.5) is 13.2 Å². The summed E-state index contributed by atoms with van der Waals surface area (Å²) >= 11 is 1.58. The minimum Gasteiger partial charge on any atom is -0.356 e. The molecule has 8 heteroatoms.